The number of aryl methyl sites for hydroxylation is 2. The molecule has 0 amide bonds. The van der Waals surface area contributed by atoms with Crippen molar-refractivity contribution in [2.45, 2.75) is 57.9 Å². The molecule has 208 valence electrons. The van der Waals surface area contributed by atoms with E-state index in [1.807, 2.05) is 37.3 Å². The molecule has 2 aromatic heterocycles. The Bertz CT molecular complexity index is 1580. The highest BCUT2D eigenvalue weighted by Crippen LogP contribution is 2.32. The number of unbranched alkanes of at least 4 members (excludes halogenated alkanes) is 2. The van der Waals surface area contributed by atoms with Crippen molar-refractivity contribution < 1.29 is 18.3 Å². The van der Waals surface area contributed by atoms with Gasteiger partial charge in [-0.15, -0.1) is 5.10 Å². The van der Waals surface area contributed by atoms with Crippen molar-refractivity contribution in [3.05, 3.63) is 76.0 Å². The Morgan fingerprint density at radius 2 is 1.87 bits per heavy atom. The molecule has 0 aliphatic rings. The first kappa shape index (κ1) is 28.5. The maximum Gasteiger partial charge on any atom is 0.277 e. The second kappa shape index (κ2) is 12.5. The van der Waals surface area contributed by atoms with Crippen LogP contribution < -0.4 is 10.3 Å². The normalized spacial score (nSPS) is 11.9. The molecular formula is C28H35N5O5S. The molecule has 2 heterocycles. The monoisotopic (exact) mass is 553 g/mol. The minimum absolute atomic E-state index is 0.00180. The molecule has 10 nitrogen and oxygen atoms in total. The fourth-order valence-electron chi connectivity index (χ4n) is 4.52. The first-order chi connectivity index (χ1) is 18.8. The Balaban J connectivity index is 1.82. The molecule has 0 fully saturated rings. The summed E-state index contributed by atoms with van der Waals surface area (Å²) in [5, 5.41) is 14.3. The summed E-state index contributed by atoms with van der Waals surface area (Å²) in [5.74, 6) is 1.25. The van der Waals surface area contributed by atoms with Crippen molar-refractivity contribution in [3.8, 4) is 17.1 Å². The number of benzene rings is 2. The van der Waals surface area contributed by atoms with Crippen molar-refractivity contribution in [1.82, 2.24) is 23.9 Å². The number of fused-ring (bicyclic) bond motifs is 1. The van der Waals surface area contributed by atoms with Gasteiger partial charge in [-0.25, -0.2) is 17.9 Å². The molecule has 0 unspecified atom stereocenters. The number of hydrogen-bond donors (Lipinski definition) is 2. The number of sulfonamides is 1. The second-order valence-electron chi connectivity index (χ2n) is 9.27. The van der Waals surface area contributed by atoms with E-state index in [4.69, 9.17) is 9.84 Å². The van der Waals surface area contributed by atoms with Crippen LogP contribution in [0.4, 0.5) is 0 Å². The standard InChI is InChI=1S/C28H35N5O5S/c1-4-6-8-13-25-29-20(3)26-28(35)30-27(31-33(25)26)23-18-22(14-15-24(23)38-5-2)39(36,37)32(16-17-34)19-21-11-9-7-10-12-21/h7,9-12,14-15,18,34H,4-6,8,13,16-17,19H2,1-3H3,(H,30,31,35). The number of nitrogens with zero attached hydrogens (tertiary/aromatic N) is 4. The highest BCUT2D eigenvalue weighted by atomic mass is 32.2. The van der Waals surface area contributed by atoms with E-state index in [2.05, 4.69) is 16.9 Å². The van der Waals surface area contributed by atoms with Gasteiger partial charge in [0.25, 0.3) is 5.56 Å². The largest absolute Gasteiger partial charge is 0.493 e. The summed E-state index contributed by atoms with van der Waals surface area (Å²) in [7, 11) is -4.02. The molecule has 4 rings (SSSR count). The summed E-state index contributed by atoms with van der Waals surface area (Å²) in [6.45, 7) is 5.75. The lowest BCUT2D eigenvalue weighted by molar-refractivity contribution is 0.251. The average molecular weight is 554 g/mol. The van der Waals surface area contributed by atoms with Crippen LogP contribution in [0.3, 0.4) is 0 Å². The van der Waals surface area contributed by atoms with Crippen LogP contribution in [0.1, 0.15) is 50.2 Å². The van der Waals surface area contributed by atoms with Crippen LogP contribution in [0.5, 0.6) is 5.75 Å². The van der Waals surface area contributed by atoms with Gasteiger partial charge in [0, 0.05) is 19.5 Å². The van der Waals surface area contributed by atoms with Crippen LogP contribution in [0, 0.1) is 6.92 Å². The molecule has 2 aromatic carbocycles. The molecular weight excluding hydrogens is 518 g/mol. The van der Waals surface area contributed by atoms with E-state index in [1.54, 1.807) is 17.5 Å². The van der Waals surface area contributed by atoms with E-state index in [1.165, 1.54) is 16.4 Å². The Morgan fingerprint density at radius 1 is 1.10 bits per heavy atom. The molecule has 0 bridgehead atoms. The number of aliphatic hydroxyl groups is 1. The number of nitrogens with one attached hydrogen (secondary N) is 1. The number of imidazole rings is 1. The molecule has 11 heteroatoms. The summed E-state index contributed by atoms with van der Waals surface area (Å²) in [6.07, 6.45) is 3.67. The lowest BCUT2D eigenvalue weighted by atomic mass is 10.2. The molecule has 2 N–H and O–H groups in total. The SMILES string of the molecule is CCCCCc1nc(C)c2c(=O)[nH]c(-c3cc(S(=O)(=O)N(CCO)Cc4ccccc4)ccc3OCC)nn12. The number of ether oxygens (including phenoxy) is 1. The van der Waals surface area contributed by atoms with Gasteiger partial charge in [-0.2, -0.15) is 4.31 Å². The summed E-state index contributed by atoms with van der Waals surface area (Å²) >= 11 is 0. The number of aromatic amines is 1. The quantitative estimate of drug-likeness (QED) is 0.241. The highest BCUT2D eigenvalue weighted by molar-refractivity contribution is 7.89. The maximum absolute atomic E-state index is 13.7. The van der Waals surface area contributed by atoms with Crippen LogP contribution >= 0.6 is 0 Å². The third-order valence-corrected chi connectivity index (χ3v) is 8.28. The fourth-order valence-corrected chi connectivity index (χ4v) is 5.97. The van der Waals surface area contributed by atoms with Gasteiger partial charge in [-0.1, -0.05) is 50.1 Å². The topological polar surface area (TPSA) is 130 Å². The summed E-state index contributed by atoms with van der Waals surface area (Å²) < 4.78 is 36.0. The van der Waals surface area contributed by atoms with Crippen LogP contribution in [0.2, 0.25) is 0 Å². The Labute approximate surface area is 228 Å². The lowest BCUT2D eigenvalue weighted by Gasteiger charge is -2.22. The first-order valence-electron chi connectivity index (χ1n) is 13.2. The molecule has 39 heavy (non-hydrogen) atoms. The van der Waals surface area contributed by atoms with E-state index in [0.29, 0.717) is 41.4 Å². The third-order valence-electron chi connectivity index (χ3n) is 6.44. The number of aromatic nitrogens is 4. The highest BCUT2D eigenvalue weighted by Gasteiger charge is 2.27. The van der Waals surface area contributed by atoms with Crippen LogP contribution in [-0.2, 0) is 23.0 Å². The predicted octanol–water partition coefficient (Wildman–Crippen LogP) is 3.71. The van der Waals surface area contributed by atoms with E-state index in [9.17, 15) is 18.3 Å². The smallest absolute Gasteiger partial charge is 0.277 e. The van der Waals surface area contributed by atoms with Crippen molar-refractivity contribution in [3.63, 3.8) is 0 Å². The number of H-pyrrole nitrogens is 1. The minimum atomic E-state index is -4.02. The lowest BCUT2D eigenvalue weighted by Crippen LogP contribution is -2.33. The summed E-state index contributed by atoms with van der Waals surface area (Å²) in [6, 6.07) is 13.7. The van der Waals surface area contributed by atoms with Gasteiger partial charge in [0.2, 0.25) is 10.0 Å². The maximum atomic E-state index is 13.7. The number of aliphatic hydroxyl groups excluding tert-OH is 1. The van der Waals surface area contributed by atoms with Gasteiger partial charge in [-0.05, 0) is 44.0 Å². The van der Waals surface area contributed by atoms with Gasteiger partial charge >= 0.3 is 0 Å². The zero-order valence-corrected chi connectivity index (χ0v) is 23.4. The molecule has 0 radical (unpaired) electrons. The average Bonchev–Trinajstić information content (AvgIpc) is 3.25. The van der Waals surface area contributed by atoms with Crippen molar-refractivity contribution >= 4 is 15.5 Å². The summed E-state index contributed by atoms with van der Waals surface area (Å²) in [4.78, 5) is 20.5. The zero-order chi connectivity index (χ0) is 28.0. The summed E-state index contributed by atoms with van der Waals surface area (Å²) in [5.41, 5.74) is 1.72. The number of rotatable bonds is 13. The van der Waals surface area contributed by atoms with E-state index in [0.717, 1.165) is 24.8 Å². The van der Waals surface area contributed by atoms with Gasteiger partial charge < -0.3 is 14.8 Å². The Kier molecular flexibility index (Phi) is 9.16. The Morgan fingerprint density at radius 3 is 2.56 bits per heavy atom. The first-order valence-corrected chi connectivity index (χ1v) is 14.6. The van der Waals surface area contributed by atoms with Crippen molar-refractivity contribution in [1.29, 1.82) is 0 Å². The predicted molar refractivity (Wildman–Crippen MR) is 149 cm³/mol. The molecule has 0 atom stereocenters. The van der Waals surface area contributed by atoms with Gasteiger partial charge in [0.1, 0.15) is 11.6 Å². The third kappa shape index (κ3) is 6.21. The fraction of sp³-hybridized carbons (Fsp3) is 0.393. The molecule has 0 saturated carbocycles. The zero-order valence-electron chi connectivity index (χ0n) is 22.6. The molecule has 4 aromatic rings. The molecule has 0 saturated heterocycles. The van der Waals surface area contributed by atoms with E-state index >= 15 is 0 Å². The van der Waals surface area contributed by atoms with Crippen LogP contribution in [0.15, 0.2) is 58.2 Å². The molecule has 0 aliphatic heterocycles. The Hall–Kier alpha value is -3.54. The van der Waals surface area contributed by atoms with E-state index < -0.39 is 10.0 Å². The van der Waals surface area contributed by atoms with Crippen LogP contribution in [-0.4, -0.2) is 57.2 Å². The number of hydrogen-bond acceptors (Lipinski definition) is 7. The molecule has 0 spiro atoms. The second-order valence-corrected chi connectivity index (χ2v) is 11.2. The van der Waals surface area contributed by atoms with Gasteiger partial charge in [0.15, 0.2) is 11.3 Å². The van der Waals surface area contributed by atoms with E-state index in [-0.39, 0.29) is 36.0 Å². The van der Waals surface area contributed by atoms with Crippen molar-refractivity contribution in [2.24, 2.45) is 0 Å². The molecule has 0 aliphatic carbocycles. The van der Waals surface area contributed by atoms with Gasteiger partial charge in [-0.3, -0.25) is 4.79 Å². The van der Waals surface area contributed by atoms with Gasteiger partial charge in [0.05, 0.1) is 29.4 Å². The van der Waals surface area contributed by atoms with Crippen molar-refractivity contribution in [2.75, 3.05) is 19.8 Å². The van der Waals surface area contributed by atoms with Crippen LogP contribution in [0.25, 0.3) is 16.9 Å². The minimum Gasteiger partial charge on any atom is -0.493 e.